The highest BCUT2D eigenvalue weighted by Crippen LogP contribution is 2.19. The van der Waals surface area contributed by atoms with Gasteiger partial charge in [0, 0.05) is 10.2 Å². The minimum atomic E-state index is -0.00780. The number of rotatable bonds is 7. The summed E-state index contributed by atoms with van der Waals surface area (Å²) < 4.78 is 1.05. The SMILES string of the molecule is Cc1cc(NC(=O)CNCCCN(C)C)ccc1Br. The summed E-state index contributed by atoms with van der Waals surface area (Å²) in [6.07, 6.45) is 1.04. The standard InChI is InChI=1S/C14H22BrN3O/c1-11-9-12(5-6-13(11)15)17-14(19)10-16-7-4-8-18(2)3/h5-6,9,16H,4,7-8,10H2,1-3H3,(H,17,19). The molecule has 1 aromatic rings. The Morgan fingerprint density at radius 2 is 2.11 bits per heavy atom. The molecule has 0 radical (unpaired) electrons. The number of nitrogens with one attached hydrogen (secondary N) is 2. The summed E-state index contributed by atoms with van der Waals surface area (Å²) in [6.45, 7) is 4.23. The molecule has 1 rings (SSSR count). The van der Waals surface area contributed by atoms with Crippen molar-refractivity contribution in [3.63, 3.8) is 0 Å². The van der Waals surface area contributed by atoms with Gasteiger partial charge in [0.2, 0.25) is 5.91 Å². The second-order valence-electron chi connectivity index (χ2n) is 4.85. The Morgan fingerprint density at radius 3 is 2.74 bits per heavy atom. The van der Waals surface area contributed by atoms with E-state index >= 15 is 0 Å². The van der Waals surface area contributed by atoms with Gasteiger partial charge >= 0.3 is 0 Å². The molecule has 0 aliphatic heterocycles. The average Bonchev–Trinajstić information content (AvgIpc) is 2.33. The van der Waals surface area contributed by atoms with Crippen LogP contribution in [0, 0.1) is 6.92 Å². The van der Waals surface area contributed by atoms with Crippen LogP contribution in [0.3, 0.4) is 0 Å². The van der Waals surface area contributed by atoms with Crippen LogP contribution in [0.2, 0.25) is 0 Å². The van der Waals surface area contributed by atoms with Gasteiger partial charge in [-0.1, -0.05) is 15.9 Å². The van der Waals surface area contributed by atoms with Crippen molar-refractivity contribution in [2.24, 2.45) is 0 Å². The van der Waals surface area contributed by atoms with E-state index in [2.05, 4.69) is 31.5 Å². The first-order valence-corrected chi connectivity index (χ1v) is 7.20. The average molecular weight is 328 g/mol. The summed E-state index contributed by atoms with van der Waals surface area (Å²) >= 11 is 3.44. The summed E-state index contributed by atoms with van der Waals surface area (Å²) in [4.78, 5) is 13.8. The van der Waals surface area contributed by atoms with Gasteiger partial charge in [0.1, 0.15) is 0 Å². The second-order valence-corrected chi connectivity index (χ2v) is 5.70. The molecule has 0 fully saturated rings. The first-order chi connectivity index (χ1) is 8.99. The number of hydrogen-bond acceptors (Lipinski definition) is 3. The van der Waals surface area contributed by atoms with Crippen LogP contribution in [0.4, 0.5) is 5.69 Å². The Morgan fingerprint density at radius 1 is 1.37 bits per heavy atom. The largest absolute Gasteiger partial charge is 0.325 e. The fraction of sp³-hybridized carbons (Fsp3) is 0.500. The molecule has 0 aliphatic rings. The fourth-order valence-electron chi connectivity index (χ4n) is 1.65. The second kappa shape index (κ2) is 8.30. The van der Waals surface area contributed by atoms with Gasteiger partial charge in [0.15, 0.2) is 0 Å². The quantitative estimate of drug-likeness (QED) is 0.755. The monoisotopic (exact) mass is 327 g/mol. The Labute approximate surface area is 123 Å². The lowest BCUT2D eigenvalue weighted by Gasteiger charge is -2.10. The van der Waals surface area contributed by atoms with Crippen molar-refractivity contribution in [1.29, 1.82) is 0 Å². The van der Waals surface area contributed by atoms with Gasteiger partial charge in [-0.15, -0.1) is 0 Å². The minimum absolute atomic E-state index is 0.00780. The maximum absolute atomic E-state index is 11.7. The number of carbonyl (C=O) groups is 1. The van der Waals surface area contributed by atoms with Gasteiger partial charge in [-0.05, 0) is 64.3 Å². The van der Waals surface area contributed by atoms with Crippen molar-refractivity contribution in [1.82, 2.24) is 10.2 Å². The lowest BCUT2D eigenvalue weighted by Crippen LogP contribution is -2.30. The van der Waals surface area contributed by atoms with Crippen molar-refractivity contribution in [3.05, 3.63) is 28.2 Å². The molecule has 106 valence electrons. The van der Waals surface area contributed by atoms with Gasteiger partial charge < -0.3 is 15.5 Å². The van der Waals surface area contributed by atoms with Crippen LogP contribution < -0.4 is 10.6 Å². The number of amides is 1. The Balaban J connectivity index is 2.25. The highest BCUT2D eigenvalue weighted by atomic mass is 79.9. The van der Waals surface area contributed by atoms with E-state index in [1.807, 2.05) is 39.2 Å². The third kappa shape index (κ3) is 6.71. The normalized spacial score (nSPS) is 10.8. The van der Waals surface area contributed by atoms with Crippen molar-refractivity contribution in [3.8, 4) is 0 Å². The molecule has 0 aromatic heterocycles. The molecule has 0 heterocycles. The molecule has 0 spiro atoms. The summed E-state index contributed by atoms with van der Waals surface area (Å²) in [5.74, 6) is -0.00780. The molecule has 1 aromatic carbocycles. The van der Waals surface area contributed by atoms with Crippen LogP contribution in [0.5, 0.6) is 0 Å². The lowest BCUT2D eigenvalue weighted by atomic mass is 10.2. The summed E-state index contributed by atoms with van der Waals surface area (Å²) in [5, 5.41) is 6.02. The number of benzene rings is 1. The topological polar surface area (TPSA) is 44.4 Å². The van der Waals surface area contributed by atoms with Crippen molar-refractivity contribution in [2.75, 3.05) is 39.0 Å². The predicted molar refractivity (Wildman–Crippen MR) is 83.5 cm³/mol. The van der Waals surface area contributed by atoms with Crippen molar-refractivity contribution >= 4 is 27.5 Å². The molecule has 0 saturated carbocycles. The van der Waals surface area contributed by atoms with Gasteiger partial charge in [0.05, 0.1) is 6.54 Å². The van der Waals surface area contributed by atoms with E-state index in [1.54, 1.807) is 0 Å². The molecular weight excluding hydrogens is 306 g/mol. The third-order valence-electron chi connectivity index (χ3n) is 2.69. The minimum Gasteiger partial charge on any atom is -0.325 e. The smallest absolute Gasteiger partial charge is 0.238 e. The molecule has 4 nitrogen and oxygen atoms in total. The van der Waals surface area contributed by atoms with E-state index in [9.17, 15) is 4.79 Å². The molecule has 2 N–H and O–H groups in total. The molecule has 19 heavy (non-hydrogen) atoms. The number of hydrogen-bond donors (Lipinski definition) is 2. The first kappa shape index (κ1) is 16.1. The number of carbonyl (C=O) groups excluding carboxylic acids is 1. The molecule has 0 aliphatic carbocycles. The van der Waals surface area contributed by atoms with E-state index < -0.39 is 0 Å². The zero-order chi connectivity index (χ0) is 14.3. The highest BCUT2D eigenvalue weighted by Gasteiger charge is 2.03. The molecule has 0 bridgehead atoms. The summed E-state index contributed by atoms with van der Waals surface area (Å²) in [6, 6.07) is 5.78. The van der Waals surface area contributed by atoms with E-state index in [0.29, 0.717) is 6.54 Å². The third-order valence-corrected chi connectivity index (χ3v) is 3.58. The zero-order valence-corrected chi connectivity index (χ0v) is 13.4. The number of nitrogens with zero attached hydrogens (tertiary/aromatic N) is 1. The number of halogens is 1. The Bertz CT molecular complexity index is 421. The van der Waals surface area contributed by atoms with E-state index in [1.165, 1.54) is 0 Å². The molecule has 0 atom stereocenters. The Kier molecular flexibility index (Phi) is 7.05. The van der Waals surface area contributed by atoms with Crippen molar-refractivity contribution < 1.29 is 4.79 Å². The summed E-state index contributed by atoms with van der Waals surface area (Å²) in [7, 11) is 4.09. The van der Waals surface area contributed by atoms with Gasteiger partial charge in [0.25, 0.3) is 0 Å². The summed E-state index contributed by atoms with van der Waals surface area (Å²) in [5.41, 5.74) is 1.94. The maximum Gasteiger partial charge on any atom is 0.238 e. The molecule has 5 heteroatoms. The highest BCUT2D eigenvalue weighted by molar-refractivity contribution is 9.10. The zero-order valence-electron chi connectivity index (χ0n) is 11.8. The van der Waals surface area contributed by atoms with Crippen LogP contribution in [-0.4, -0.2) is 44.5 Å². The van der Waals surface area contributed by atoms with Crippen LogP contribution in [0.1, 0.15) is 12.0 Å². The molecular formula is C14H22BrN3O. The molecule has 0 unspecified atom stereocenters. The van der Waals surface area contributed by atoms with E-state index in [4.69, 9.17) is 0 Å². The maximum atomic E-state index is 11.7. The molecule has 1 amide bonds. The van der Waals surface area contributed by atoms with Crippen LogP contribution in [-0.2, 0) is 4.79 Å². The van der Waals surface area contributed by atoms with Crippen LogP contribution in [0.15, 0.2) is 22.7 Å². The number of aryl methyl sites for hydroxylation is 1. The fourth-order valence-corrected chi connectivity index (χ4v) is 1.90. The molecule has 0 saturated heterocycles. The van der Waals surface area contributed by atoms with E-state index in [-0.39, 0.29) is 5.91 Å². The van der Waals surface area contributed by atoms with Crippen molar-refractivity contribution in [2.45, 2.75) is 13.3 Å². The first-order valence-electron chi connectivity index (χ1n) is 6.40. The Hall–Kier alpha value is -0.910. The number of anilines is 1. The van der Waals surface area contributed by atoms with E-state index in [0.717, 1.165) is 35.2 Å². The van der Waals surface area contributed by atoms with Gasteiger partial charge in [-0.2, -0.15) is 0 Å². The van der Waals surface area contributed by atoms with Gasteiger partial charge in [-0.25, -0.2) is 0 Å². The predicted octanol–water partition coefficient (Wildman–Crippen LogP) is 2.24. The van der Waals surface area contributed by atoms with Gasteiger partial charge in [-0.3, -0.25) is 4.79 Å². The lowest BCUT2D eigenvalue weighted by molar-refractivity contribution is -0.115. The van der Waals surface area contributed by atoms with Crippen LogP contribution >= 0.6 is 15.9 Å². The van der Waals surface area contributed by atoms with Crippen LogP contribution in [0.25, 0.3) is 0 Å².